The quantitative estimate of drug-likeness (QED) is 0.749. The highest BCUT2D eigenvalue weighted by atomic mass is 16.2. The van der Waals surface area contributed by atoms with E-state index >= 15 is 0 Å². The number of anilines is 1. The van der Waals surface area contributed by atoms with Crippen LogP contribution in [-0.2, 0) is 5.66 Å². The fourth-order valence-electron chi connectivity index (χ4n) is 3.64. The van der Waals surface area contributed by atoms with E-state index in [1.54, 1.807) is 0 Å². The number of nitrogens with zero attached hydrogens (tertiary/aromatic N) is 1. The Morgan fingerprint density at radius 2 is 1.67 bits per heavy atom. The molecule has 1 aliphatic rings. The van der Waals surface area contributed by atoms with Crippen molar-refractivity contribution in [3.05, 3.63) is 77.9 Å². The van der Waals surface area contributed by atoms with Crippen LogP contribution in [0.2, 0.25) is 0 Å². The van der Waals surface area contributed by atoms with Crippen molar-refractivity contribution in [3.63, 3.8) is 0 Å². The van der Waals surface area contributed by atoms with Gasteiger partial charge in [-0.3, -0.25) is 4.79 Å². The van der Waals surface area contributed by atoms with Crippen molar-refractivity contribution >= 4 is 22.4 Å². The molecule has 0 fully saturated rings. The Kier molecular flexibility index (Phi) is 3.31. The number of hydrogen-bond acceptors (Lipinski definition) is 2. The summed E-state index contributed by atoms with van der Waals surface area (Å²) in [7, 11) is 0. The van der Waals surface area contributed by atoms with Gasteiger partial charge >= 0.3 is 0 Å². The summed E-state index contributed by atoms with van der Waals surface area (Å²) >= 11 is 0. The molecule has 3 aromatic rings. The minimum absolute atomic E-state index is 0.0718. The number of para-hydroxylation sites is 1. The van der Waals surface area contributed by atoms with Gasteiger partial charge in [0.2, 0.25) is 0 Å². The maximum Gasteiger partial charge on any atom is 0.258 e. The van der Waals surface area contributed by atoms with Gasteiger partial charge in [-0.05, 0) is 48.4 Å². The highest BCUT2D eigenvalue weighted by molar-refractivity contribution is 6.02. The smallest absolute Gasteiger partial charge is 0.258 e. The first-order chi connectivity index (χ1) is 11.6. The van der Waals surface area contributed by atoms with Crippen LogP contribution in [0.3, 0.4) is 0 Å². The highest BCUT2D eigenvalue weighted by Crippen LogP contribution is 2.38. The Labute approximate surface area is 141 Å². The third-order valence-electron chi connectivity index (χ3n) is 4.95. The lowest BCUT2D eigenvalue weighted by atomic mass is 9.92. The Balaban J connectivity index is 1.89. The van der Waals surface area contributed by atoms with Crippen molar-refractivity contribution in [2.75, 3.05) is 11.9 Å². The standard InChI is InChI=1S/C21H20N2O/c1-3-23-20(24)18-10-6-7-11-19(18)22-21(23,2)17-13-12-15-8-4-5-9-16(15)14-17/h4-14,22H,3H2,1-2H3. The number of hydrogen-bond donors (Lipinski definition) is 1. The first-order valence-corrected chi connectivity index (χ1v) is 8.32. The maximum absolute atomic E-state index is 13.0. The van der Waals surface area contributed by atoms with E-state index in [0.29, 0.717) is 6.54 Å². The Morgan fingerprint density at radius 3 is 2.46 bits per heavy atom. The number of carbonyl (C=O) groups is 1. The molecule has 0 spiro atoms. The number of benzene rings is 3. The third-order valence-corrected chi connectivity index (χ3v) is 4.95. The van der Waals surface area contributed by atoms with Gasteiger partial charge in [0.25, 0.3) is 5.91 Å². The molecule has 0 aliphatic carbocycles. The van der Waals surface area contributed by atoms with Crippen LogP contribution in [0.25, 0.3) is 10.8 Å². The van der Waals surface area contributed by atoms with Crippen molar-refractivity contribution in [2.45, 2.75) is 19.5 Å². The molecular weight excluding hydrogens is 296 g/mol. The van der Waals surface area contributed by atoms with E-state index in [1.807, 2.05) is 48.2 Å². The van der Waals surface area contributed by atoms with Crippen molar-refractivity contribution in [3.8, 4) is 0 Å². The van der Waals surface area contributed by atoms with Gasteiger partial charge in [0.1, 0.15) is 5.66 Å². The minimum Gasteiger partial charge on any atom is -0.358 e. The van der Waals surface area contributed by atoms with E-state index in [-0.39, 0.29) is 5.91 Å². The molecule has 0 radical (unpaired) electrons. The molecule has 1 aliphatic heterocycles. The monoisotopic (exact) mass is 316 g/mol. The maximum atomic E-state index is 13.0. The van der Waals surface area contributed by atoms with Crippen LogP contribution >= 0.6 is 0 Å². The van der Waals surface area contributed by atoms with Gasteiger partial charge in [-0.15, -0.1) is 0 Å². The van der Waals surface area contributed by atoms with E-state index in [0.717, 1.165) is 16.8 Å². The normalized spacial score (nSPS) is 19.9. The van der Waals surface area contributed by atoms with Crippen LogP contribution in [-0.4, -0.2) is 17.4 Å². The third kappa shape index (κ3) is 2.08. The molecule has 1 heterocycles. The molecule has 1 N–H and O–H groups in total. The summed E-state index contributed by atoms with van der Waals surface area (Å²) in [6.45, 7) is 4.74. The summed E-state index contributed by atoms with van der Waals surface area (Å²) in [4.78, 5) is 14.9. The molecule has 3 heteroatoms. The molecule has 24 heavy (non-hydrogen) atoms. The van der Waals surface area contributed by atoms with Crippen molar-refractivity contribution < 1.29 is 4.79 Å². The van der Waals surface area contributed by atoms with Crippen LogP contribution in [0, 0.1) is 0 Å². The van der Waals surface area contributed by atoms with Crippen molar-refractivity contribution in [1.82, 2.24) is 4.90 Å². The molecule has 3 aromatic carbocycles. The fraction of sp³-hybridized carbons (Fsp3) is 0.190. The number of rotatable bonds is 2. The average Bonchev–Trinajstić information content (AvgIpc) is 2.61. The van der Waals surface area contributed by atoms with Gasteiger partial charge < -0.3 is 10.2 Å². The van der Waals surface area contributed by atoms with Gasteiger partial charge in [-0.1, -0.05) is 48.5 Å². The second-order valence-corrected chi connectivity index (χ2v) is 6.35. The molecule has 1 amide bonds. The van der Waals surface area contributed by atoms with Crippen LogP contribution in [0.4, 0.5) is 5.69 Å². The SMILES string of the molecule is CCN1C(=O)c2ccccc2NC1(C)c1ccc2ccccc2c1. The predicted octanol–water partition coefficient (Wildman–Crippen LogP) is 4.60. The summed E-state index contributed by atoms with van der Waals surface area (Å²) in [5.74, 6) is 0.0718. The van der Waals surface area contributed by atoms with E-state index in [2.05, 4.69) is 42.6 Å². The molecule has 3 nitrogen and oxygen atoms in total. The fourth-order valence-corrected chi connectivity index (χ4v) is 3.64. The molecule has 0 bridgehead atoms. The second-order valence-electron chi connectivity index (χ2n) is 6.35. The zero-order valence-electron chi connectivity index (χ0n) is 13.9. The van der Waals surface area contributed by atoms with E-state index in [1.165, 1.54) is 10.8 Å². The largest absolute Gasteiger partial charge is 0.358 e. The zero-order chi connectivity index (χ0) is 16.7. The van der Waals surface area contributed by atoms with E-state index in [9.17, 15) is 4.79 Å². The number of nitrogens with one attached hydrogen (secondary N) is 1. The summed E-state index contributed by atoms with van der Waals surface area (Å²) < 4.78 is 0. The van der Waals surface area contributed by atoms with Crippen LogP contribution < -0.4 is 5.32 Å². The van der Waals surface area contributed by atoms with E-state index in [4.69, 9.17) is 0 Å². The predicted molar refractivity (Wildman–Crippen MR) is 98.1 cm³/mol. The van der Waals surface area contributed by atoms with Gasteiger partial charge in [-0.2, -0.15) is 0 Å². The lowest BCUT2D eigenvalue weighted by Crippen LogP contribution is -2.55. The lowest BCUT2D eigenvalue weighted by molar-refractivity contribution is 0.0553. The first kappa shape index (κ1) is 14.8. The molecule has 4 rings (SSSR count). The summed E-state index contributed by atoms with van der Waals surface area (Å²) in [6.07, 6.45) is 0. The molecule has 120 valence electrons. The summed E-state index contributed by atoms with van der Waals surface area (Å²) in [5, 5.41) is 5.98. The minimum atomic E-state index is -0.565. The molecule has 1 atom stereocenters. The highest BCUT2D eigenvalue weighted by Gasteiger charge is 2.41. The molecule has 0 aromatic heterocycles. The molecular formula is C21H20N2O. The Hall–Kier alpha value is -2.81. The Morgan fingerprint density at radius 1 is 0.958 bits per heavy atom. The average molecular weight is 316 g/mol. The zero-order valence-corrected chi connectivity index (χ0v) is 13.9. The number of amides is 1. The van der Waals surface area contributed by atoms with Gasteiger partial charge in [-0.25, -0.2) is 0 Å². The first-order valence-electron chi connectivity index (χ1n) is 8.32. The van der Waals surface area contributed by atoms with Gasteiger partial charge in [0, 0.05) is 12.2 Å². The van der Waals surface area contributed by atoms with Gasteiger partial charge in [0.05, 0.1) is 5.56 Å². The molecule has 0 saturated carbocycles. The Bertz CT molecular complexity index is 934. The molecule has 0 saturated heterocycles. The van der Waals surface area contributed by atoms with Crippen molar-refractivity contribution in [1.29, 1.82) is 0 Å². The van der Waals surface area contributed by atoms with Crippen molar-refractivity contribution in [2.24, 2.45) is 0 Å². The van der Waals surface area contributed by atoms with E-state index < -0.39 is 5.66 Å². The topological polar surface area (TPSA) is 32.3 Å². The summed E-state index contributed by atoms with van der Waals surface area (Å²) in [5.41, 5.74) is 2.15. The van der Waals surface area contributed by atoms with Gasteiger partial charge in [0.15, 0.2) is 0 Å². The molecule has 1 unspecified atom stereocenters. The summed E-state index contributed by atoms with van der Waals surface area (Å²) in [6, 6.07) is 22.4. The lowest BCUT2D eigenvalue weighted by Gasteiger charge is -2.46. The van der Waals surface area contributed by atoms with Crippen LogP contribution in [0.5, 0.6) is 0 Å². The van der Waals surface area contributed by atoms with Crippen LogP contribution in [0.1, 0.15) is 29.8 Å². The second kappa shape index (κ2) is 5.38. The van der Waals surface area contributed by atoms with Crippen LogP contribution in [0.15, 0.2) is 66.7 Å². The number of carbonyl (C=O) groups excluding carboxylic acids is 1. The number of fused-ring (bicyclic) bond motifs is 2.